The molecule has 1 aromatic heterocycles. The van der Waals surface area contributed by atoms with E-state index in [4.69, 9.17) is 5.73 Å². The average Bonchev–Trinajstić information content (AvgIpc) is 2.50. The van der Waals surface area contributed by atoms with Crippen molar-refractivity contribution in [2.24, 2.45) is 0 Å². The number of nitrogens with zero attached hydrogens (tertiary/aromatic N) is 2. The van der Waals surface area contributed by atoms with Crippen LogP contribution in [0.3, 0.4) is 0 Å². The van der Waals surface area contributed by atoms with Crippen LogP contribution in [0, 0.1) is 17.0 Å². The van der Waals surface area contributed by atoms with E-state index in [0.717, 1.165) is 0 Å². The number of nitrogen functional groups attached to an aromatic ring is 1. The molecule has 0 amide bonds. The van der Waals surface area contributed by atoms with E-state index >= 15 is 0 Å². The first-order valence-electron chi connectivity index (χ1n) is 6.51. The number of nitro benzene ring substituents is 1. The molecule has 0 aliphatic rings. The minimum Gasteiger partial charge on any atom is -0.393 e. The molecule has 0 radical (unpaired) electrons. The van der Waals surface area contributed by atoms with Gasteiger partial charge in [0.15, 0.2) is 0 Å². The Balaban J connectivity index is 2.36. The number of hydrogen-bond donors (Lipinski definition) is 2. The van der Waals surface area contributed by atoms with Crippen LogP contribution in [-0.4, -0.2) is 15.1 Å². The second kappa shape index (κ2) is 4.96. The van der Waals surface area contributed by atoms with Crippen LogP contribution < -0.4 is 11.3 Å². The van der Waals surface area contributed by atoms with Gasteiger partial charge in [0, 0.05) is 17.0 Å². The highest BCUT2D eigenvalue weighted by Crippen LogP contribution is 2.33. The normalized spacial score (nSPS) is 10.8. The molecule has 22 heavy (non-hydrogen) atoms. The molecule has 0 saturated heterocycles. The fourth-order valence-electron chi connectivity index (χ4n) is 2.40. The van der Waals surface area contributed by atoms with E-state index in [2.05, 4.69) is 10.2 Å². The Kier molecular flexibility index (Phi) is 3.10. The summed E-state index contributed by atoms with van der Waals surface area (Å²) in [7, 11) is 0. The van der Waals surface area contributed by atoms with Gasteiger partial charge >= 0.3 is 0 Å². The number of fused-ring (bicyclic) bond motifs is 1. The summed E-state index contributed by atoms with van der Waals surface area (Å²) < 4.78 is 0. The minimum absolute atomic E-state index is 0.127. The molecular formula is C15H12N4O3. The van der Waals surface area contributed by atoms with Gasteiger partial charge in [0.25, 0.3) is 11.2 Å². The maximum Gasteiger partial charge on any atom is 0.293 e. The maximum absolute atomic E-state index is 11.8. The van der Waals surface area contributed by atoms with Crippen LogP contribution in [0.5, 0.6) is 0 Å². The van der Waals surface area contributed by atoms with Gasteiger partial charge in [-0.1, -0.05) is 18.2 Å². The van der Waals surface area contributed by atoms with E-state index in [-0.39, 0.29) is 16.9 Å². The van der Waals surface area contributed by atoms with Crippen LogP contribution in [0.1, 0.15) is 5.56 Å². The third kappa shape index (κ3) is 2.08. The molecule has 0 spiro atoms. The molecule has 0 fully saturated rings. The van der Waals surface area contributed by atoms with Crippen molar-refractivity contribution < 1.29 is 4.92 Å². The number of H-pyrrole nitrogens is 1. The molecule has 7 heteroatoms. The Morgan fingerprint density at radius 1 is 1.23 bits per heavy atom. The molecule has 7 nitrogen and oxygen atoms in total. The molecular weight excluding hydrogens is 284 g/mol. The molecule has 0 saturated carbocycles. The summed E-state index contributed by atoms with van der Waals surface area (Å²) in [5.74, 6) is 0. The van der Waals surface area contributed by atoms with Crippen LogP contribution in [0.2, 0.25) is 0 Å². The molecule has 0 aliphatic carbocycles. The molecule has 0 aliphatic heterocycles. The number of aryl methyl sites for hydroxylation is 1. The number of nitro groups is 1. The predicted octanol–water partition coefficient (Wildman–Crippen LogP) is 2.39. The summed E-state index contributed by atoms with van der Waals surface area (Å²) in [6.07, 6.45) is 0. The number of anilines is 1. The standard InChI is InChI=1S/C15H12N4O3/c1-8-6-9(7-12(13(8)16)19(21)22)14-10-4-2-3-5-11(10)15(20)18-17-14/h2-7H,16H2,1H3,(H,18,20). The number of hydrogen-bond acceptors (Lipinski definition) is 5. The highest BCUT2D eigenvalue weighted by molar-refractivity contribution is 5.94. The second-order valence-electron chi connectivity index (χ2n) is 4.93. The van der Waals surface area contributed by atoms with Crippen molar-refractivity contribution in [2.75, 3.05) is 5.73 Å². The van der Waals surface area contributed by atoms with Crippen molar-refractivity contribution in [2.45, 2.75) is 6.92 Å². The van der Waals surface area contributed by atoms with E-state index in [1.807, 2.05) is 0 Å². The van der Waals surface area contributed by atoms with Crippen molar-refractivity contribution in [3.8, 4) is 11.3 Å². The highest BCUT2D eigenvalue weighted by atomic mass is 16.6. The average molecular weight is 296 g/mol. The second-order valence-corrected chi connectivity index (χ2v) is 4.93. The lowest BCUT2D eigenvalue weighted by Crippen LogP contribution is -2.09. The van der Waals surface area contributed by atoms with Crippen LogP contribution in [0.15, 0.2) is 41.2 Å². The first-order valence-corrected chi connectivity index (χ1v) is 6.51. The first-order chi connectivity index (χ1) is 10.5. The van der Waals surface area contributed by atoms with E-state index < -0.39 is 4.92 Å². The van der Waals surface area contributed by atoms with Crippen molar-refractivity contribution in [3.63, 3.8) is 0 Å². The first kappa shape index (κ1) is 13.7. The van der Waals surface area contributed by atoms with Crippen molar-refractivity contribution in [1.82, 2.24) is 10.2 Å². The van der Waals surface area contributed by atoms with E-state index in [9.17, 15) is 14.9 Å². The number of rotatable bonds is 2. The molecule has 1 heterocycles. The Hall–Kier alpha value is -3.22. The summed E-state index contributed by atoms with van der Waals surface area (Å²) in [6, 6.07) is 10.1. The molecule has 3 N–H and O–H groups in total. The van der Waals surface area contributed by atoms with Gasteiger partial charge in [0.2, 0.25) is 0 Å². The Labute approximate surface area is 124 Å². The van der Waals surface area contributed by atoms with Gasteiger partial charge in [-0.3, -0.25) is 14.9 Å². The number of aromatic nitrogens is 2. The zero-order valence-electron chi connectivity index (χ0n) is 11.7. The number of aromatic amines is 1. The molecule has 110 valence electrons. The lowest BCUT2D eigenvalue weighted by Gasteiger charge is -2.08. The molecule has 0 bridgehead atoms. The van der Waals surface area contributed by atoms with Crippen molar-refractivity contribution in [1.29, 1.82) is 0 Å². The lowest BCUT2D eigenvalue weighted by atomic mass is 10.0. The molecule has 3 aromatic rings. The Bertz CT molecular complexity index is 963. The van der Waals surface area contributed by atoms with E-state index in [1.165, 1.54) is 6.07 Å². The van der Waals surface area contributed by atoms with Gasteiger partial charge in [0.1, 0.15) is 5.69 Å². The topological polar surface area (TPSA) is 115 Å². The zero-order valence-corrected chi connectivity index (χ0v) is 11.7. The number of nitrogens with one attached hydrogen (secondary N) is 1. The summed E-state index contributed by atoms with van der Waals surface area (Å²) in [5.41, 5.74) is 6.99. The van der Waals surface area contributed by atoms with Crippen molar-refractivity contribution >= 4 is 22.1 Å². The van der Waals surface area contributed by atoms with Crippen molar-refractivity contribution in [3.05, 3.63) is 62.4 Å². The Morgan fingerprint density at radius 3 is 2.59 bits per heavy atom. The smallest absolute Gasteiger partial charge is 0.293 e. The van der Waals surface area contributed by atoms with Gasteiger partial charge in [-0.15, -0.1) is 0 Å². The quantitative estimate of drug-likeness (QED) is 0.428. The van der Waals surface area contributed by atoms with E-state index in [1.54, 1.807) is 37.3 Å². The van der Waals surface area contributed by atoms with Gasteiger partial charge in [-0.25, -0.2) is 5.10 Å². The van der Waals surface area contributed by atoms with Gasteiger partial charge in [0.05, 0.1) is 16.0 Å². The van der Waals surface area contributed by atoms with E-state index in [0.29, 0.717) is 27.6 Å². The van der Waals surface area contributed by atoms with Crippen LogP contribution in [0.25, 0.3) is 22.0 Å². The zero-order chi connectivity index (χ0) is 15.9. The predicted molar refractivity (Wildman–Crippen MR) is 83.6 cm³/mol. The number of benzene rings is 2. The van der Waals surface area contributed by atoms with Gasteiger partial charge in [-0.05, 0) is 24.6 Å². The monoisotopic (exact) mass is 296 g/mol. The van der Waals surface area contributed by atoms with Crippen LogP contribution in [-0.2, 0) is 0 Å². The third-order valence-electron chi connectivity index (χ3n) is 3.53. The Morgan fingerprint density at radius 2 is 1.91 bits per heavy atom. The number of nitrogens with two attached hydrogens (primary N) is 1. The van der Waals surface area contributed by atoms with Crippen LogP contribution >= 0.6 is 0 Å². The fourth-order valence-corrected chi connectivity index (χ4v) is 2.40. The summed E-state index contributed by atoms with van der Waals surface area (Å²) in [4.78, 5) is 22.4. The van der Waals surface area contributed by atoms with Gasteiger partial charge in [-0.2, -0.15) is 5.10 Å². The largest absolute Gasteiger partial charge is 0.393 e. The summed E-state index contributed by atoms with van der Waals surface area (Å²) in [5, 5.41) is 18.7. The summed E-state index contributed by atoms with van der Waals surface area (Å²) >= 11 is 0. The van der Waals surface area contributed by atoms with Gasteiger partial charge < -0.3 is 5.73 Å². The fraction of sp³-hybridized carbons (Fsp3) is 0.0667. The third-order valence-corrected chi connectivity index (χ3v) is 3.53. The SMILES string of the molecule is Cc1cc(-c2n[nH]c(=O)c3ccccc23)cc([N+](=O)[O-])c1N. The highest BCUT2D eigenvalue weighted by Gasteiger charge is 2.18. The summed E-state index contributed by atoms with van der Waals surface area (Å²) in [6.45, 7) is 1.69. The molecule has 2 aromatic carbocycles. The molecule has 0 atom stereocenters. The lowest BCUT2D eigenvalue weighted by molar-refractivity contribution is -0.383. The minimum atomic E-state index is -0.528. The van der Waals surface area contributed by atoms with Crippen LogP contribution in [0.4, 0.5) is 11.4 Å². The molecule has 0 unspecified atom stereocenters. The maximum atomic E-state index is 11.8. The molecule has 3 rings (SSSR count).